The van der Waals surface area contributed by atoms with Crippen molar-refractivity contribution in [1.82, 2.24) is 10.3 Å². The van der Waals surface area contributed by atoms with Gasteiger partial charge in [-0.1, -0.05) is 29.8 Å². The molecule has 2 aromatic rings. The van der Waals surface area contributed by atoms with Gasteiger partial charge in [-0.3, -0.25) is 0 Å². The van der Waals surface area contributed by atoms with Crippen molar-refractivity contribution in [3.8, 4) is 0 Å². The van der Waals surface area contributed by atoms with Crippen LogP contribution in [0.15, 0.2) is 24.3 Å². The van der Waals surface area contributed by atoms with E-state index in [4.69, 9.17) is 11.6 Å². The Kier molecular flexibility index (Phi) is 3.29. The van der Waals surface area contributed by atoms with Crippen molar-refractivity contribution in [2.45, 2.75) is 25.5 Å². The monoisotopic (exact) mass is 264 g/mol. The Morgan fingerprint density at radius 1 is 1.33 bits per heavy atom. The summed E-state index contributed by atoms with van der Waals surface area (Å²) in [6, 6.07) is 8.06. The van der Waals surface area contributed by atoms with E-state index in [0.29, 0.717) is 5.92 Å². The first-order valence-corrected chi connectivity index (χ1v) is 6.75. The summed E-state index contributed by atoms with van der Waals surface area (Å²) in [5.41, 5.74) is 2.12. The standard InChI is InChI=1S/C14H17ClN2O/c15-14-11-3-1-2-4-12(11)17-13(14)8-16-7-9-5-10(18)6-9/h1-4,9-10,16-18H,5-8H2. The van der Waals surface area contributed by atoms with Gasteiger partial charge in [0.15, 0.2) is 0 Å². The van der Waals surface area contributed by atoms with Crippen molar-refractivity contribution in [2.24, 2.45) is 5.92 Å². The van der Waals surface area contributed by atoms with E-state index >= 15 is 0 Å². The third kappa shape index (κ3) is 2.26. The number of aliphatic hydroxyl groups is 1. The second-order valence-electron chi connectivity index (χ2n) is 5.09. The minimum absolute atomic E-state index is 0.0755. The van der Waals surface area contributed by atoms with E-state index in [-0.39, 0.29) is 6.10 Å². The van der Waals surface area contributed by atoms with Crippen LogP contribution < -0.4 is 5.32 Å². The highest BCUT2D eigenvalue weighted by molar-refractivity contribution is 6.36. The van der Waals surface area contributed by atoms with Gasteiger partial charge in [-0.25, -0.2) is 0 Å². The lowest BCUT2D eigenvalue weighted by molar-refractivity contribution is 0.0429. The number of aromatic amines is 1. The molecule has 0 bridgehead atoms. The fourth-order valence-corrected chi connectivity index (χ4v) is 2.83. The molecule has 96 valence electrons. The number of H-pyrrole nitrogens is 1. The van der Waals surface area contributed by atoms with Gasteiger partial charge in [-0.2, -0.15) is 0 Å². The quantitative estimate of drug-likeness (QED) is 0.795. The molecule has 1 aromatic heterocycles. The third-order valence-electron chi connectivity index (χ3n) is 3.66. The van der Waals surface area contributed by atoms with Crippen molar-refractivity contribution < 1.29 is 5.11 Å². The summed E-state index contributed by atoms with van der Waals surface area (Å²) in [4.78, 5) is 3.34. The second-order valence-corrected chi connectivity index (χ2v) is 5.46. The molecule has 0 atom stereocenters. The molecule has 18 heavy (non-hydrogen) atoms. The molecule has 1 heterocycles. The molecule has 0 spiro atoms. The molecule has 0 unspecified atom stereocenters. The summed E-state index contributed by atoms with van der Waals surface area (Å²) in [5.74, 6) is 0.614. The Hall–Kier alpha value is -1.03. The van der Waals surface area contributed by atoms with E-state index in [2.05, 4.69) is 10.3 Å². The smallest absolute Gasteiger partial charge is 0.0705 e. The van der Waals surface area contributed by atoms with Crippen LogP contribution in [0.25, 0.3) is 10.9 Å². The predicted molar refractivity (Wildman–Crippen MR) is 73.7 cm³/mol. The summed E-state index contributed by atoms with van der Waals surface area (Å²) in [6.45, 7) is 1.70. The van der Waals surface area contributed by atoms with Crippen LogP contribution >= 0.6 is 11.6 Å². The van der Waals surface area contributed by atoms with Gasteiger partial charge in [0.2, 0.25) is 0 Å². The van der Waals surface area contributed by atoms with Crippen molar-refractivity contribution in [3.63, 3.8) is 0 Å². The van der Waals surface area contributed by atoms with Crippen LogP contribution in [-0.2, 0) is 6.54 Å². The topological polar surface area (TPSA) is 48.0 Å². The maximum atomic E-state index is 9.22. The molecule has 0 radical (unpaired) electrons. The summed E-state index contributed by atoms with van der Waals surface area (Å²) < 4.78 is 0. The molecule has 1 aliphatic carbocycles. The average molecular weight is 265 g/mol. The third-order valence-corrected chi connectivity index (χ3v) is 4.09. The molecule has 1 aromatic carbocycles. The van der Waals surface area contributed by atoms with Crippen molar-refractivity contribution in [1.29, 1.82) is 0 Å². The lowest BCUT2D eigenvalue weighted by atomic mass is 9.82. The maximum absolute atomic E-state index is 9.22. The van der Waals surface area contributed by atoms with Gasteiger partial charge in [-0.15, -0.1) is 0 Å². The second kappa shape index (κ2) is 4.92. The molecule has 3 rings (SSSR count). The van der Waals surface area contributed by atoms with Crippen LogP contribution in [0, 0.1) is 5.92 Å². The highest BCUT2D eigenvalue weighted by atomic mass is 35.5. The summed E-state index contributed by atoms with van der Waals surface area (Å²) in [7, 11) is 0. The molecular formula is C14H17ClN2O. The Morgan fingerprint density at radius 3 is 2.83 bits per heavy atom. The lowest BCUT2D eigenvalue weighted by Gasteiger charge is -2.31. The van der Waals surface area contributed by atoms with Crippen molar-refractivity contribution >= 4 is 22.5 Å². The number of nitrogens with one attached hydrogen (secondary N) is 2. The number of benzene rings is 1. The SMILES string of the molecule is OC1CC(CNCc2[nH]c3ccccc3c2Cl)C1. The van der Waals surface area contributed by atoms with Crippen LogP contribution in [0.4, 0.5) is 0 Å². The van der Waals surface area contributed by atoms with Crippen LogP contribution in [0.5, 0.6) is 0 Å². The summed E-state index contributed by atoms with van der Waals surface area (Å²) >= 11 is 6.33. The van der Waals surface area contributed by atoms with E-state index in [9.17, 15) is 5.11 Å². The van der Waals surface area contributed by atoms with Gasteiger partial charge in [0.25, 0.3) is 0 Å². The zero-order valence-corrected chi connectivity index (χ0v) is 10.9. The number of aliphatic hydroxyl groups excluding tert-OH is 1. The highest BCUT2D eigenvalue weighted by Crippen LogP contribution is 2.28. The van der Waals surface area contributed by atoms with Crippen LogP contribution in [0.1, 0.15) is 18.5 Å². The average Bonchev–Trinajstić information content (AvgIpc) is 2.65. The van der Waals surface area contributed by atoms with Crippen LogP contribution in [0.3, 0.4) is 0 Å². The molecule has 0 saturated heterocycles. The Balaban J connectivity index is 1.62. The fourth-order valence-electron chi connectivity index (χ4n) is 2.55. The van der Waals surface area contributed by atoms with Gasteiger partial charge in [0.1, 0.15) is 0 Å². The largest absolute Gasteiger partial charge is 0.393 e. The van der Waals surface area contributed by atoms with Crippen LogP contribution in [-0.4, -0.2) is 22.7 Å². The molecule has 3 nitrogen and oxygen atoms in total. The molecule has 1 fully saturated rings. The first-order valence-electron chi connectivity index (χ1n) is 6.38. The molecule has 1 aliphatic rings. The first kappa shape index (κ1) is 12.0. The number of fused-ring (bicyclic) bond motifs is 1. The number of halogens is 1. The lowest BCUT2D eigenvalue weighted by Crippen LogP contribution is -2.35. The van der Waals surface area contributed by atoms with Crippen molar-refractivity contribution in [3.05, 3.63) is 35.0 Å². The Labute approximate surface area is 111 Å². The minimum atomic E-state index is -0.0755. The first-order chi connectivity index (χ1) is 8.74. The normalized spacial score (nSPS) is 23.2. The molecular weight excluding hydrogens is 248 g/mol. The minimum Gasteiger partial charge on any atom is -0.393 e. The summed E-state index contributed by atoms with van der Waals surface area (Å²) in [5, 5.41) is 14.5. The van der Waals surface area contributed by atoms with Gasteiger partial charge in [0, 0.05) is 23.1 Å². The van der Waals surface area contributed by atoms with Crippen LogP contribution in [0.2, 0.25) is 5.02 Å². The number of para-hydroxylation sites is 1. The highest BCUT2D eigenvalue weighted by Gasteiger charge is 2.26. The van der Waals surface area contributed by atoms with Crippen molar-refractivity contribution in [2.75, 3.05) is 6.54 Å². The number of aromatic nitrogens is 1. The van der Waals surface area contributed by atoms with E-state index in [1.54, 1.807) is 0 Å². The van der Waals surface area contributed by atoms with E-state index in [1.807, 2.05) is 24.3 Å². The number of hydrogen-bond acceptors (Lipinski definition) is 2. The molecule has 3 N–H and O–H groups in total. The molecule has 4 heteroatoms. The molecule has 0 aliphatic heterocycles. The van der Waals surface area contributed by atoms with Gasteiger partial charge >= 0.3 is 0 Å². The van der Waals surface area contributed by atoms with E-state index < -0.39 is 0 Å². The maximum Gasteiger partial charge on any atom is 0.0705 e. The predicted octanol–water partition coefficient (Wildman–Crippen LogP) is 2.68. The van der Waals surface area contributed by atoms with E-state index in [0.717, 1.165) is 47.6 Å². The zero-order valence-electron chi connectivity index (χ0n) is 10.1. The van der Waals surface area contributed by atoms with E-state index in [1.165, 1.54) is 0 Å². The van der Waals surface area contributed by atoms with Gasteiger partial charge in [-0.05, 0) is 31.4 Å². The van der Waals surface area contributed by atoms with Gasteiger partial charge in [0.05, 0.1) is 11.1 Å². The number of hydrogen-bond donors (Lipinski definition) is 3. The number of rotatable bonds is 4. The molecule has 1 saturated carbocycles. The molecule has 0 amide bonds. The zero-order chi connectivity index (χ0) is 12.5. The Bertz CT molecular complexity index is 546. The van der Waals surface area contributed by atoms with Gasteiger partial charge < -0.3 is 15.4 Å². The fraction of sp³-hybridized carbons (Fsp3) is 0.429. The Morgan fingerprint density at radius 2 is 2.11 bits per heavy atom. The summed E-state index contributed by atoms with van der Waals surface area (Å²) in [6.07, 6.45) is 1.77.